The number of benzene rings is 1. The van der Waals surface area contributed by atoms with Gasteiger partial charge in [0.25, 0.3) is 0 Å². The molecule has 94 valence electrons. The molecule has 5 heteroatoms. The third-order valence-corrected chi connectivity index (χ3v) is 4.25. The van der Waals surface area contributed by atoms with Crippen LogP contribution in [0.5, 0.6) is 5.75 Å². The molecule has 3 nitrogen and oxygen atoms in total. The summed E-state index contributed by atoms with van der Waals surface area (Å²) in [6.07, 6.45) is 0. The van der Waals surface area contributed by atoms with Crippen molar-refractivity contribution in [2.24, 2.45) is 0 Å². The molecule has 0 aliphatic heterocycles. The van der Waals surface area contributed by atoms with Crippen LogP contribution in [-0.2, 0) is 10.5 Å². The van der Waals surface area contributed by atoms with Gasteiger partial charge >= 0.3 is 0 Å². The van der Waals surface area contributed by atoms with Gasteiger partial charge in [0, 0.05) is 16.3 Å². The number of hydrogen-bond acceptors (Lipinski definition) is 4. The van der Waals surface area contributed by atoms with Crippen LogP contribution in [0, 0.1) is 0 Å². The molecule has 0 radical (unpaired) electrons. The maximum atomic E-state index is 11.6. The van der Waals surface area contributed by atoms with Crippen molar-refractivity contribution in [1.82, 2.24) is 0 Å². The smallest absolute Gasteiger partial charge is 0.234 e. The van der Waals surface area contributed by atoms with Gasteiger partial charge in [-0.3, -0.25) is 4.79 Å². The lowest BCUT2D eigenvalue weighted by Gasteiger charge is -2.04. The quantitative estimate of drug-likeness (QED) is 0.825. The van der Waals surface area contributed by atoms with Crippen LogP contribution in [0.25, 0.3) is 0 Å². The van der Waals surface area contributed by atoms with Crippen molar-refractivity contribution < 1.29 is 9.90 Å². The highest BCUT2D eigenvalue weighted by Crippen LogP contribution is 2.18. The zero-order chi connectivity index (χ0) is 12.8. The Hall–Kier alpha value is -1.46. The van der Waals surface area contributed by atoms with Crippen LogP contribution in [0.4, 0.5) is 5.69 Å². The molecule has 1 aromatic carbocycles. The van der Waals surface area contributed by atoms with Crippen molar-refractivity contribution >= 4 is 34.7 Å². The molecule has 0 bridgehead atoms. The second-order valence-corrected chi connectivity index (χ2v) is 5.69. The normalized spacial score (nSPS) is 10.2. The third kappa shape index (κ3) is 4.09. The molecule has 2 aromatic rings. The molecule has 0 atom stereocenters. The fourth-order valence-corrected chi connectivity index (χ4v) is 3.05. The van der Waals surface area contributed by atoms with E-state index in [2.05, 4.69) is 11.4 Å². The zero-order valence-corrected chi connectivity index (χ0v) is 11.3. The Morgan fingerprint density at radius 1 is 1.28 bits per heavy atom. The van der Waals surface area contributed by atoms with Crippen LogP contribution in [0.1, 0.15) is 4.88 Å². The van der Waals surface area contributed by atoms with Crippen molar-refractivity contribution in [2.45, 2.75) is 5.75 Å². The average Bonchev–Trinajstić information content (AvgIpc) is 2.85. The summed E-state index contributed by atoms with van der Waals surface area (Å²) in [6.45, 7) is 0. The summed E-state index contributed by atoms with van der Waals surface area (Å²) < 4.78 is 0. The maximum Gasteiger partial charge on any atom is 0.234 e. The van der Waals surface area contributed by atoms with Gasteiger partial charge in [-0.1, -0.05) is 6.07 Å². The molecule has 0 saturated heterocycles. The van der Waals surface area contributed by atoms with Crippen molar-refractivity contribution in [3.8, 4) is 5.75 Å². The molecule has 0 aliphatic rings. The fourth-order valence-electron chi connectivity index (χ4n) is 1.38. The van der Waals surface area contributed by atoms with E-state index in [9.17, 15) is 4.79 Å². The molecular formula is C13H13NO2S2. The number of nitrogens with one attached hydrogen (secondary N) is 1. The summed E-state index contributed by atoms with van der Waals surface area (Å²) >= 11 is 3.29. The Labute approximate surface area is 114 Å². The number of amides is 1. The minimum atomic E-state index is -0.0257. The number of carbonyl (C=O) groups excluding carboxylic acids is 1. The van der Waals surface area contributed by atoms with Crippen LogP contribution in [0.15, 0.2) is 41.8 Å². The van der Waals surface area contributed by atoms with Crippen LogP contribution >= 0.6 is 23.1 Å². The molecule has 1 aromatic heterocycles. The number of hydrogen-bond donors (Lipinski definition) is 2. The SMILES string of the molecule is O=C(CSCc1cccs1)Nc1ccc(O)cc1. The summed E-state index contributed by atoms with van der Waals surface area (Å²) in [7, 11) is 0. The van der Waals surface area contributed by atoms with Gasteiger partial charge in [-0.15, -0.1) is 23.1 Å². The topological polar surface area (TPSA) is 49.3 Å². The fraction of sp³-hybridized carbons (Fsp3) is 0.154. The van der Waals surface area contributed by atoms with E-state index in [1.807, 2.05) is 11.4 Å². The molecular weight excluding hydrogens is 266 g/mol. The predicted octanol–water partition coefficient (Wildman–Crippen LogP) is 3.33. The number of rotatable bonds is 5. The maximum absolute atomic E-state index is 11.6. The van der Waals surface area contributed by atoms with Gasteiger partial charge in [-0.2, -0.15) is 0 Å². The first-order valence-corrected chi connectivity index (χ1v) is 7.46. The van der Waals surface area contributed by atoms with E-state index in [4.69, 9.17) is 5.11 Å². The molecule has 0 unspecified atom stereocenters. The van der Waals surface area contributed by atoms with Crippen molar-refractivity contribution in [2.75, 3.05) is 11.1 Å². The van der Waals surface area contributed by atoms with Crippen LogP contribution in [-0.4, -0.2) is 16.8 Å². The highest BCUT2D eigenvalue weighted by Gasteiger charge is 2.03. The van der Waals surface area contributed by atoms with E-state index in [1.165, 1.54) is 4.88 Å². The minimum absolute atomic E-state index is 0.0257. The molecule has 2 N–H and O–H groups in total. The highest BCUT2D eigenvalue weighted by atomic mass is 32.2. The number of phenols is 1. The van der Waals surface area contributed by atoms with E-state index in [-0.39, 0.29) is 11.7 Å². The molecule has 0 saturated carbocycles. The molecule has 2 rings (SSSR count). The van der Waals surface area contributed by atoms with Gasteiger partial charge in [0.1, 0.15) is 5.75 Å². The summed E-state index contributed by atoms with van der Waals surface area (Å²) in [6, 6.07) is 10.5. The second-order valence-electron chi connectivity index (χ2n) is 3.67. The summed E-state index contributed by atoms with van der Waals surface area (Å²) in [5.74, 6) is 1.46. The Kier molecular flexibility index (Phi) is 4.66. The van der Waals surface area contributed by atoms with E-state index in [1.54, 1.807) is 47.4 Å². The lowest BCUT2D eigenvalue weighted by atomic mass is 10.3. The Balaban J connectivity index is 1.73. The monoisotopic (exact) mass is 279 g/mol. The van der Waals surface area contributed by atoms with E-state index in [0.717, 1.165) is 5.75 Å². The highest BCUT2D eigenvalue weighted by molar-refractivity contribution is 7.99. The largest absolute Gasteiger partial charge is 0.508 e. The third-order valence-electron chi connectivity index (χ3n) is 2.21. The molecule has 1 amide bonds. The molecule has 0 spiro atoms. The number of thiophene rings is 1. The summed E-state index contributed by atoms with van der Waals surface area (Å²) in [5, 5.41) is 13.9. The van der Waals surface area contributed by atoms with Gasteiger partial charge < -0.3 is 10.4 Å². The minimum Gasteiger partial charge on any atom is -0.508 e. The molecule has 18 heavy (non-hydrogen) atoms. The number of carbonyl (C=O) groups is 1. The number of aromatic hydroxyl groups is 1. The van der Waals surface area contributed by atoms with Crippen molar-refractivity contribution in [3.63, 3.8) is 0 Å². The summed E-state index contributed by atoms with van der Waals surface area (Å²) in [4.78, 5) is 12.9. The van der Waals surface area contributed by atoms with Crippen LogP contribution < -0.4 is 5.32 Å². The second kappa shape index (κ2) is 6.47. The number of anilines is 1. The van der Waals surface area contributed by atoms with Crippen LogP contribution in [0.3, 0.4) is 0 Å². The average molecular weight is 279 g/mol. The van der Waals surface area contributed by atoms with Gasteiger partial charge in [0.2, 0.25) is 5.91 Å². The molecule has 0 fully saturated rings. The lowest BCUT2D eigenvalue weighted by Crippen LogP contribution is -2.13. The van der Waals surface area contributed by atoms with E-state index in [0.29, 0.717) is 11.4 Å². The predicted molar refractivity (Wildman–Crippen MR) is 77.2 cm³/mol. The van der Waals surface area contributed by atoms with Crippen molar-refractivity contribution in [1.29, 1.82) is 0 Å². The number of phenolic OH excluding ortho intramolecular Hbond substituents is 1. The Bertz CT molecular complexity index is 494. The number of thioether (sulfide) groups is 1. The molecule has 0 aliphatic carbocycles. The van der Waals surface area contributed by atoms with Gasteiger partial charge in [-0.05, 0) is 35.7 Å². The Morgan fingerprint density at radius 2 is 2.06 bits per heavy atom. The first-order valence-electron chi connectivity index (χ1n) is 5.43. The summed E-state index contributed by atoms with van der Waals surface area (Å²) in [5.41, 5.74) is 0.703. The lowest BCUT2D eigenvalue weighted by molar-refractivity contribution is -0.113. The van der Waals surface area contributed by atoms with Gasteiger partial charge in [-0.25, -0.2) is 0 Å². The van der Waals surface area contributed by atoms with E-state index < -0.39 is 0 Å². The van der Waals surface area contributed by atoms with E-state index >= 15 is 0 Å². The first kappa shape index (κ1) is 13.0. The Morgan fingerprint density at radius 3 is 2.72 bits per heavy atom. The van der Waals surface area contributed by atoms with Crippen LogP contribution in [0.2, 0.25) is 0 Å². The van der Waals surface area contributed by atoms with Gasteiger partial charge in [0.15, 0.2) is 0 Å². The van der Waals surface area contributed by atoms with Crippen molar-refractivity contribution in [3.05, 3.63) is 46.7 Å². The van der Waals surface area contributed by atoms with Gasteiger partial charge in [0.05, 0.1) is 5.75 Å². The standard InChI is InChI=1S/C13H13NO2S2/c15-11-5-3-10(4-6-11)14-13(16)9-17-8-12-2-1-7-18-12/h1-7,15H,8-9H2,(H,14,16). The zero-order valence-electron chi connectivity index (χ0n) is 9.63. The molecule has 1 heterocycles. The first-order chi connectivity index (χ1) is 8.74.